The number of carbonyl (C=O) groups is 1. The minimum atomic E-state index is -1.30. The SMILES string of the molecule is [N-]=[N+]=NCc1cc(Oc2cnccn2)cc2c1C(CC(=O)O)OB2O. The molecule has 0 saturated carbocycles. The van der Waals surface area contributed by atoms with E-state index in [0.717, 1.165) is 0 Å². The Hall–Kier alpha value is -3.14. The smallest absolute Gasteiger partial charge is 0.481 e. The van der Waals surface area contributed by atoms with Crippen molar-refractivity contribution in [1.82, 2.24) is 9.97 Å². The number of fused-ring (bicyclic) bond motifs is 1. The van der Waals surface area contributed by atoms with Gasteiger partial charge in [0.15, 0.2) is 0 Å². The number of aromatic nitrogens is 2. The molecular formula is C14H12BN5O5. The van der Waals surface area contributed by atoms with Gasteiger partial charge < -0.3 is 19.5 Å². The van der Waals surface area contributed by atoms with Crippen LogP contribution in [0.5, 0.6) is 11.6 Å². The van der Waals surface area contributed by atoms with Gasteiger partial charge in [0, 0.05) is 17.3 Å². The molecule has 1 atom stereocenters. The number of rotatable bonds is 6. The lowest BCUT2D eigenvalue weighted by Gasteiger charge is -2.14. The molecule has 0 bridgehead atoms. The predicted molar refractivity (Wildman–Crippen MR) is 85.1 cm³/mol. The van der Waals surface area contributed by atoms with Crippen molar-refractivity contribution >= 4 is 18.6 Å². The Bertz CT molecular complexity index is 843. The molecule has 0 amide bonds. The number of hydrogen-bond donors (Lipinski definition) is 2. The number of azide groups is 1. The minimum Gasteiger partial charge on any atom is -0.481 e. The molecule has 3 rings (SSSR count). The van der Waals surface area contributed by atoms with Crippen LogP contribution >= 0.6 is 0 Å². The van der Waals surface area contributed by atoms with E-state index >= 15 is 0 Å². The van der Waals surface area contributed by atoms with Gasteiger partial charge in [-0.15, -0.1) is 0 Å². The van der Waals surface area contributed by atoms with Crippen LogP contribution in [-0.2, 0) is 16.0 Å². The van der Waals surface area contributed by atoms with E-state index in [-0.39, 0.29) is 18.8 Å². The highest BCUT2D eigenvalue weighted by molar-refractivity contribution is 6.62. The maximum absolute atomic E-state index is 11.0. The van der Waals surface area contributed by atoms with Crippen LogP contribution in [0.15, 0.2) is 35.8 Å². The Kier molecular flexibility index (Phi) is 4.80. The topological polar surface area (TPSA) is 151 Å². The fourth-order valence-corrected chi connectivity index (χ4v) is 2.67. The van der Waals surface area contributed by atoms with Crippen LogP contribution in [0.25, 0.3) is 10.4 Å². The van der Waals surface area contributed by atoms with Crippen LogP contribution in [0.3, 0.4) is 0 Å². The molecule has 0 fully saturated rings. The van der Waals surface area contributed by atoms with E-state index in [2.05, 4.69) is 20.0 Å². The molecule has 0 spiro atoms. The second kappa shape index (κ2) is 7.18. The summed E-state index contributed by atoms with van der Waals surface area (Å²) in [4.78, 5) is 21.6. The van der Waals surface area contributed by atoms with Crippen LogP contribution in [0, 0.1) is 0 Å². The number of carboxylic acid groups (broad SMARTS) is 1. The summed E-state index contributed by atoms with van der Waals surface area (Å²) in [6.07, 6.45) is 3.22. The summed E-state index contributed by atoms with van der Waals surface area (Å²) >= 11 is 0. The molecule has 0 radical (unpaired) electrons. The van der Waals surface area contributed by atoms with Gasteiger partial charge in [0.1, 0.15) is 5.75 Å². The fourth-order valence-electron chi connectivity index (χ4n) is 2.67. The number of ether oxygens (including phenoxy) is 1. The molecule has 1 aromatic carbocycles. The van der Waals surface area contributed by atoms with Crippen molar-refractivity contribution in [1.29, 1.82) is 0 Å². The molecule has 2 N–H and O–H groups in total. The van der Waals surface area contributed by atoms with Gasteiger partial charge in [0.05, 0.1) is 25.3 Å². The minimum absolute atomic E-state index is 0.0390. The summed E-state index contributed by atoms with van der Waals surface area (Å²) in [7, 11) is -1.30. The fraction of sp³-hybridized carbons (Fsp3) is 0.214. The van der Waals surface area contributed by atoms with Gasteiger partial charge >= 0.3 is 13.1 Å². The Morgan fingerprint density at radius 3 is 3.00 bits per heavy atom. The van der Waals surface area contributed by atoms with Crippen molar-refractivity contribution in [2.24, 2.45) is 5.11 Å². The van der Waals surface area contributed by atoms with Crippen molar-refractivity contribution < 1.29 is 24.3 Å². The molecule has 0 saturated heterocycles. The quantitative estimate of drug-likeness (QED) is 0.348. The zero-order chi connectivity index (χ0) is 17.8. The molecule has 126 valence electrons. The summed E-state index contributed by atoms with van der Waals surface area (Å²) in [5.74, 6) is -0.492. The maximum Gasteiger partial charge on any atom is 0.492 e. The van der Waals surface area contributed by atoms with Crippen LogP contribution in [0.1, 0.15) is 23.7 Å². The van der Waals surface area contributed by atoms with Gasteiger partial charge in [0.2, 0.25) is 5.88 Å². The van der Waals surface area contributed by atoms with Crippen molar-refractivity contribution in [2.45, 2.75) is 19.1 Å². The van der Waals surface area contributed by atoms with E-state index in [1.807, 2.05) is 0 Å². The Balaban J connectivity index is 2.02. The highest BCUT2D eigenvalue weighted by Crippen LogP contribution is 2.33. The molecule has 1 aliphatic heterocycles. The van der Waals surface area contributed by atoms with E-state index in [1.54, 1.807) is 6.07 Å². The predicted octanol–water partition coefficient (Wildman–Crippen LogP) is 1.31. The first-order chi connectivity index (χ1) is 12.1. The summed E-state index contributed by atoms with van der Waals surface area (Å²) in [6.45, 7) is -0.0390. The lowest BCUT2D eigenvalue weighted by Crippen LogP contribution is -2.28. The lowest BCUT2D eigenvalue weighted by molar-refractivity contribution is -0.138. The van der Waals surface area contributed by atoms with E-state index in [4.69, 9.17) is 20.0 Å². The number of carboxylic acids is 1. The monoisotopic (exact) mass is 341 g/mol. The Morgan fingerprint density at radius 1 is 1.48 bits per heavy atom. The number of aliphatic carboxylic acids is 1. The van der Waals surface area contributed by atoms with E-state index in [0.29, 0.717) is 22.3 Å². The normalized spacial score (nSPS) is 15.4. The Labute approximate surface area is 141 Å². The molecule has 2 heterocycles. The standard InChI is InChI=1S/C14H12BN5O5/c16-20-19-6-8-3-9(24-12-7-17-1-2-18-12)4-10-14(8)11(5-13(21)22)25-15(10)23/h1-4,7,11,23H,5-6H2,(H,21,22). The summed E-state index contributed by atoms with van der Waals surface area (Å²) in [5, 5.41) is 22.6. The van der Waals surface area contributed by atoms with Crippen molar-refractivity contribution in [3.05, 3.63) is 52.3 Å². The molecule has 1 aliphatic rings. The summed E-state index contributed by atoms with van der Waals surface area (Å²) < 4.78 is 10.9. The third-order valence-electron chi connectivity index (χ3n) is 3.58. The molecule has 11 heteroatoms. The maximum atomic E-state index is 11.0. The third-order valence-corrected chi connectivity index (χ3v) is 3.58. The zero-order valence-electron chi connectivity index (χ0n) is 12.8. The summed E-state index contributed by atoms with van der Waals surface area (Å²) in [5.41, 5.74) is 9.95. The molecular weight excluding hydrogens is 329 g/mol. The van der Waals surface area contributed by atoms with Gasteiger partial charge in [-0.25, -0.2) is 4.98 Å². The van der Waals surface area contributed by atoms with Crippen molar-refractivity contribution in [3.8, 4) is 11.6 Å². The first kappa shape index (κ1) is 16.7. The van der Waals surface area contributed by atoms with Crippen LogP contribution < -0.4 is 10.2 Å². The largest absolute Gasteiger partial charge is 0.492 e. The first-order valence-corrected chi connectivity index (χ1v) is 7.25. The number of benzene rings is 1. The van der Waals surface area contributed by atoms with E-state index in [1.165, 1.54) is 24.7 Å². The highest BCUT2D eigenvalue weighted by Gasteiger charge is 2.38. The average molecular weight is 341 g/mol. The second-order valence-corrected chi connectivity index (χ2v) is 5.19. The second-order valence-electron chi connectivity index (χ2n) is 5.19. The highest BCUT2D eigenvalue weighted by atomic mass is 16.5. The van der Waals surface area contributed by atoms with E-state index < -0.39 is 19.2 Å². The van der Waals surface area contributed by atoms with Gasteiger partial charge in [-0.3, -0.25) is 9.78 Å². The Morgan fingerprint density at radius 2 is 2.32 bits per heavy atom. The molecule has 2 aromatic rings. The molecule has 0 aliphatic carbocycles. The van der Waals surface area contributed by atoms with Gasteiger partial charge in [-0.05, 0) is 34.3 Å². The van der Waals surface area contributed by atoms with Gasteiger partial charge in [0.25, 0.3) is 0 Å². The zero-order valence-corrected chi connectivity index (χ0v) is 12.8. The molecule has 25 heavy (non-hydrogen) atoms. The molecule has 1 aromatic heterocycles. The number of hydrogen-bond acceptors (Lipinski definition) is 7. The van der Waals surface area contributed by atoms with Gasteiger partial charge in [-0.1, -0.05) is 5.11 Å². The van der Waals surface area contributed by atoms with Crippen LogP contribution in [0.2, 0.25) is 0 Å². The van der Waals surface area contributed by atoms with Gasteiger partial charge in [-0.2, -0.15) is 0 Å². The summed E-state index contributed by atoms with van der Waals surface area (Å²) in [6, 6.07) is 3.13. The molecule has 1 unspecified atom stereocenters. The van der Waals surface area contributed by atoms with Crippen LogP contribution in [0.4, 0.5) is 0 Å². The lowest BCUT2D eigenvalue weighted by atomic mass is 9.77. The average Bonchev–Trinajstić information content (AvgIpc) is 2.89. The third kappa shape index (κ3) is 3.69. The van der Waals surface area contributed by atoms with Crippen LogP contribution in [-0.4, -0.2) is 33.2 Å². The van der Waals surface area contributed by atoms with Crippen molar-refractivity contribution in [2.75, 3.05) is 0 Å². The molecule has 10 nitrogen and oxygen atoms in total. The van der Waals surface area contributed by atoms with Crippen molar-refractivity contribution in [3.63, 3.8) is 0 Å². The first-order valence-electron chi connectivity index (χ1n) is 7.25. The van der Waals surface area contributed by atoms with E-state index in [9.17, 15) is 9.82 Å². The number of nitrogens with zero attached hydrogens (tertiary/aromatic N) is 5.